The lowest BCUT2D eigenvalue weighted by Crippen LogP contribution is -2.34. The van der Waals surface area contributed by atoms with Crippen LogP contribution < -0.4 is 5.32 Å². The van der Waals surface area contributed by atoms with E-state index in [0.29, 0.717) is 12.0 Å². The van der Waals surface area contributed by atoms with Crippen molar-refractivity contribution < 1.29 is 5.11 Å². The van der Waals surface area contributed by atoms with Crippen LogP contribution in [0.5, 0.6) is 0 Å². The summed E-state index contributed by atoms with van der Waals surface area (Å²) >= 11 is 0. The Balaban J connectivity index is 2.09. The highest BCUT2D eigenvalue weighted by atomic mass is 16.3. The number of rotatable bonds is 1. The molecule has 9 heavy (non-hydrogen) atoms. The van der Waals surface area contributed by atoms with Crippen LogP contribution in [0.15, 0.2) is 0 Å². The molecule has 0 bridgehead atoms. The lowest BCUT2D eigenvalue weighted by atomic mass is 10.1. The molecule has 1 heterocycles. The van der Waals surface area contributed by atoms with Crippen molar-refractivity contribution in [2.75, 3.05) is 6.54 Å². The molecule has 0 radical (unpaired) electrons. The van der Waals surface area contributed by atoms with Gasteiger partial charge in [-0.1, -0.05) is 6.92 Å². The van der Waals surface area contributed by atoms with Crippen LogP contribution in [0.4, 0.5) is 0 Å². The first-order chi connectivity index (χ1) is 4.27. The summed E-state index contributed by atoms with van der Waals surface area (Å²) in [4.78, 5) is 0. The normalized spacial score (nSPS) is 55.3. The molecule has 1 aliphatic heterocycles. The molecule has 0 spiro atoms. The van der Waals surface area contributed by atoms with Crippen LogP contribution in [-0.4, -0.2) is 23.3 Å². The predicted octanol–water partition coefficient (Wildman–Crippen LogP) is 0.119. The highest BCUT2D eigenvalue weighted by molar-refractivity contribution is 5.16. The largest absolute Gasteiger partial charge is 0.388 e. The van der Waals surface area contributed by atoms with Crippen molar-refractivity contribution in [1.82, 2.24) is 5.32 Å². The fourth-order valence-corrected chi connectivity index (χ4v) is 1.97. The minimum atomic E-state index is -0.283. The van der Waals surface area contributed by atoms with E-state index < -0.39 is 0 Å². The molecular weight excluding hydrogens is 114 g/mol. The molecule has 3 atom stereocenters. The molecule has 0 aromatic rings. The summed E-state index contributed by atoms with van der Waals surface area (Å²) in [6.07, 6.45) is 2.10. The van der Waals surface area contributed by atoms with Gasteiger partial charge in [-0.3, -0.25) is 0 Å². The molecule has 1 saturated carbocycles. The van der Waals surface area contributed by atoms with Gasteiger partial charge in [0.05, 0.1) is 5.60 Å². The van der Waals surface area contributed by atoms with Crippen LogP contribution in [-0.2, 0) is 0 Å². The second-order valence-corrected chi connectivity index (χ2v) is 3.26. The van der Waals surface area contributed by atoms with Gasteiger partial charge in [0, 0.05) is 18.5 Å². The van der Waals surface area contributed by atoms with E-state index in [-0.39, 0.29) is 5.60 Å². The Labute approximate surface area is 55.3 Å². The molecule has 52 valence electrons. The molecule has 2 N–H and O–H groups in total. The number of fused-ring (bicyclic) bond motifs is 1. The maximum atomic E-state index is 9.67. The van der Waals surface area contributed by atoms with E-state index in [2.05, 4.69) is 12.2 Å². The standard InChI is InChI=1S/C7H13NO/c1-2-6-7(9)3-5(7)4-8-6/h5-6,8-9H,2-4H2,1H3/t5-,6-,7+/m1/s1. The zero-order valence-electron chi connectivity index (χ0n) is 5.72. The lowest BCUT2D eigenvalue weighted by molar-refractivity contribution is 0.114. The van der Waals surface area contributed by atoms with Gasteiger partial charge in [0.25, 0.3) is 0 Å². The van der Waals surface area contributed by atoms with E-state index in [4.69, 9.17) is 0 Å². The summed E-state index contributed by atoms with van der Waals surface area (Å²) in [5.41, 5.74) is -0.283. The smallest absolute Gasteiger partial charge is 0.0845 e. The highest BCUT2D eigenvalue weighted by Crippen LogP contribution is 2.50. The van der Waals surface area contributed by atoms with Crippen molar-refractivity contribution in [2.45, 2.75) is 31.4 Å². The number of piperidine rings is 1. The summed E-state index contributed by atoms with van der Waals surface area (Å²) in [5, 5.41) is 13.0. The van der Waals surface area contributed by atoms with Crippen LogP contribution >= 0.6 is 0 Å². The van der Waals surface area contributed by atoms with E-state index in [1.165, 1.54) is 0 Å². The second-order valence-electron chi connectivity index (χ2n) is 3.26. The highest BCUT2D eigenvalue weighted by Gasteiger charge is 2.61. The van der Waals surface area contributed by atoms with Crippen LogP contribution in [0.3, 0.4) is 0 Å². The van der Waals surface area contributed by atoms with Gasteiger partial charge in [-0.05, 0) is 12.8 Å². The first-order valence-corrected chi connectivity index (χ1v) is 3.73. The van der Waals surface area contributed by atoms with Gasteiger partial charge in [0.1, 0.15) is 0 Å². The number of nitrogens with one attached hydrogen (secondary N) is 1. The third kappa shape index (κ3) is 0.578. The van der Waals surface area contributed by atoms with Crippen molar-refractivity contribution in [1.29, 1.82) is 0 Å². The average Bonchev–Trinajstić information content (AvgIpc) is 2.38. The SMILES string of the molecule is CC[C@H]1NC[C@H]2C[C@]21O. The van der Waals surface area contributed by atoms with Crippen LogP contribution in [0.25, 0.3) is 0 Å². The van der Waals surface area contributed by atoms with Crippen LogP contribution in [0.1, 0.15) is 19.8 Å². The number of aliphatic hydroxyl groups is 1. The van der Waals surface area contributed by atoms with E-state index in [1.54, 1.807) is 0 Å². The summed E-state index contributed by atoms with van der Waals surface area (Å²) in [6.45, 7) is 3.16. The van der Waals surface area contributed by atoms with Gasteiger partial charge in [0.2, 0.25) is 0 Å². The third-order valence-electron chi connectivity index (χ3n) is 2.74. The topological polar surface area (TPSA) is 32.3 Å². The Bertz CT molecular complexity index is 135. The Morgan fingerprint density at radius 2 is 2.56 bits per heavy atom. The van der Waals surface area contributed by atoms with Crippen LogP contribution in [0, 0.1) is 5.92 Å². The Kier molecular flexibility index (Phi) is 0.945. The summed E-state index contributed by atoms with van der Waals surface area (Å²) in [5.74, 6) is 0.586. The average molecular weight is 127 g/mol. The Morgan fingerprint density at radius 3 is 2.78 bits per heavy atom. The summed E-state index contributed by atoms with van der Waals surface area (Å²) in [6, 6.07) is 0.391. The van der Waals surface area contributed by atoms with Crippen molar-refractivity contribution in [3.8, 4) is 0 Å². The maximum absolute atomic E-state index is 9.67. The molecule has 0 aromatic carbocycles. The lowest BCUT2D eigenvalue weighted by Gasteiger charge is -2.15. The van der Waals surface area contributed by atoms with E-state index in [1.807, 2.05) is 0 Å². The maximum Gasteiger partial charge on any atom is 0.0845 e. The minimum Gasteiger partial charge on any atom is -0.388 e. The first-order valence-electron chi connectivity index (χ1n) is 3.73. The molecule has 0 unspecified atom stereocenters. The zero-order chi connectivity index (χ0) is 6.48. The summed E-state index contributed by atoms with van der Waals surface area (Å²) < 4.78 is 0. The minimum absolute atomic E-state index is 0.283. The van der Waals surface area contributed by atoms with E-state index in [0.717, 1.165) is 19.4 Å². The van der Waals surface area contributed by atoms with E-state index in [9.17, 15) is 5.11 Å². The van der Waals surface area contributed by atoms with Crippen molar-refractivity contribution in [3.05, 3.63) is 0 Å². The van der Waals surface area contributed by atoms with E-state index >= 15 is 0 Å². The van der Waals surface area contributed by atoms with Gasteiger partial charge in [-0.15, -0.1) is 0 Å². The number of hydrogen-bond donors (Lipinski definition) is 2. The molecule has 0 aromatic heterocycles. The molecule has 1 aliphatic carbocycles. The molecule has 2 rings (SSSR count). The zero-order valence-corrected chi connectivity index (χ0v) is 5.72. The molecule has 2 fully saturated rings. The third-order valence-corrected chi connectivity index (χ3v) is 2.74. The van der Waals surface area contributed by atoms with Gasteiger partial charge in [-0.2, -0.15) is 0 Å². The molecular formula is C7H13NO. The molecule has 2 aliphatic rings. The van der Waals surface area contributed by atoms with Gasteiger partial charge >= 0.3 is 0 Å². The quantitative estimate of drug-likeness (QED) is 0.524. The fraction of sp³-hybridized carbons (Fsp3) is 1.00. The van der Waals surface area contributed by atoms with Gasteiger partial charge < -0.3 is 10.4 Å². The fourth-order valence-electron chi connectivity index (χ4n) is 1.97. The Hall–Kier alpha value is -0.0800. The monoisotopic (exact) mass is 127 g/mol. The molecule has 1 saturated heterocycles. The predicted molar refractivity (Wildman–Crippen MR) is 35.1 cm³/mol. The first kappa shape index (κ1) is 5.69. The molecule has 2 nitrogen and oxygen atoms in total. The second kappa shape index (κ2) is 1.50. The molecule has 0 amide bonds. The van der Waals surface area contributed by atoms with Gasteiger partial charge in [-0.25, -0.2) is 0 Å². The van der Waals surface area contributed by atoms with Crippen molar-refractivity contribution in [2.24, 2.45) is 5.92 Å². The summed E-state index contributed by atoms with van der Waals surface area (Å²) in [7, 11) is 0. The Morgan fingerprint density at radius 1 is 1.78 bits per heavy atom. The van der Waals surface area contributed by atoms with Crippen molar-refractivity contribution in [3.63, 3.8) is 0 Å². The number of hydrogen-bond acceptors (Lipinski definition) is 2. The van der Waals surface area contributed by atoms with Gasteiger partial charge in [0.15, 0.2) is 0 Å². The molecule has 2 heteroatoms. The van der Waals surface area contributed by atoms with Crippen LogP contribution in [0.2, 0.25) is 0 Å². The van der Waals surface area contributed by atoms with Crippen molar-refractivity contribution >= 4 is 0 Å².